The maximum absolute atomic E-state index is 13.4. The number of hydrogen-bond donors (Lipinski definition) is 0. The van der Waals surface area contributed by atoms with E-state index in [4.69, 9.17) is 9.47 Å². The molecular formula is C76H124Fe2N4O7+4. The molecule has 2 heterocycles. The minimum atomic E-state index is -0.199. The van der Waals surface area contributed by atoms with Gasteiger partial charge in [-0.2, -0.15) is 0 Å². The van der Waals surface area contributed by atoms with Gasteiger partial charge in [0.1, 0.15) is 0 Å². The second-order valence-electron chi connectivity index (χ2n) is 33.6. The molecule has 502 valence electrons. The monoisotopic (exact) mass is 1320 g/mol. The third-order valence-corrected chi connectivity index (χ3v) is 16.5. The Bertz CT molecular complexity index is 2380. The molecule has 89 heavy (non-hydrogen) atoms. The summed E-state index contributed by atoms with van der Waals surface area (Å²) in [5.41, 5.74) is 11.0. The van der Waals surface area contributed by atoms with Crippen molar-refractivity contribution < 1.29 is 69.5 Å². The van der Waals surface area contributed by atoms with Gasteiger partial charge in [-0.25, -0.2) is 0 Å². The van der Waals surface area contributed by atoms with Gasteiger partial charge in [0.05, 0.1) is 0 Å². The molecule has 2 aliphatic rings. The van der Waals surface area contributed by atoms with Crippen LogP contribution in [0.15, 0.2) is 48.5 Å². The van der Waals surface area contributed by atoms with Gasteiger partial charge in [0, 0.05) is 78.8 Å². The van der Waals surface area contributed by atoms with E-state index >= 15 is 0 Å². The van der Waals surface area contributed by atoms with Gasteiger partial charge in [-0.1, -0.05) is 215 Å². The standard InChI is InChI=1S/2C34H56N2O2.2C4H8O.2Fe.O/c2*1-31(2,3)25-17-23(29(37)27(19-25)33(7,8)9)21-35(13)15-16-36(14)22-24-18-26(32(4,5)6)20-28(30(24)38)34(10,11)12;2*1-2-4-5-3-1;;;/h2*17-20,37-38H,15-16,21-22H2,1-14H3;2*1-4H2;;;/q;;;;2*+5;-2/p-4. The van der Waals surface area contributed by atoms with Gasteiger partial charge < -0.3 is 55.0 Å². The molecule has 0 spiro atoms. The third-order valence-electron chi connectivity index (χ3n) is 16.5. The first-order valence-corrected chi connectivity index (χ1v) is 32.3. The van der Waals surface area contributed by atoms with E-state index < -0.39 is 0 Å². The van der Waals surface area contributed by atoms with Crippen LogP contribution in [0, 0.1) is 0 Å². The third kappa shape index (κ3) is 27.8. The van der Waals surface area contributed by atoms with Gasteiger partial charge in [-0.05, 0) is 164 Å². The van der Waals surface area contributed by atoms with Crippen LogP contribution in [0.1, 0.15) is 259 Å². The molecule has 13 heteroatoms. The Hall–Kier alpha value is -3.16. The molecule has 0 amide bonds. The zero-order valence-electron chi connectivity index (χ0n) is 61.3. The Balaban J connectivity index is 0.00000145. The molecule has 2 radical (unpaired) electrons. The molecule has 2 aliphatic heterocycles. The molecular weight excluding hydrogens is 1190 g/mol. The molecule has 0 atom stereocenters. The van der Waals surface area contributed by atoms with Crippen LogP contribution in [0.5, 0.6) is 23.0 Å². The molecule has 6 rings (SSSR count). The van der Waals surface area contributed by atoms with Crippen LogP contribution in [-0.2, 0) is 119 Å². The van der Waals surface area contributed by atoms with Crippen molar-refractivity contribution in [3.8, 4) is 23.0 Å². The SMILES string of the molecule is C1CCOC1.C1CCOC1.CN(CCN(C)Cc1cc(C(C)(C)C)cc(C(C)(C)C)c1[O-])Cc1cc(C(C)(C)C)cc(C(C)(C)C)c1[O-].CN(CCN(C)Cc1cc(C(C)(C)C)cc(C(C)(C)C)c1[O-])Cc1cc(C(C)(C)C)cc(C(C)(C)C)c1[O-].[Fe+5].[Fe+5].[O-2]. The summed E-state index contributed by atoms with van der Waals surface area (Å²) in [4.78, 5) is 8.87. The first kappa shape index (κ1) is 85.8. The van der Waals surface area contributed by atoms with E-state index in [1.165, 1.54) is 47.9 Å². The Morgan fingerprint density at radius 3 is 0.562 bits per heavy atom. The number of ether oxygens (including phenoxy) is 2. The van der Waals surface area contributed by atoms with E-state index in [0.29, 0.717) is 26.2 Å². The molecule has 2 saturated heterocycles. The van der Waals surface area contributed by atoms with Gasteiger partial charge in [0.2, 0.25) is 0 Å². The molecule has 0 aliphatic carbocycles. The molecule has 11 nitrogen and oxygen atoms in total. The number of nitrogens with zero attached hydrogens (tertiary/aromatic N) is 4. The van der Waals surface area contributed by atoms with E-state index in [9.17, 15) is 20.4 Å². The predicted octanol–water partition coefficient (Wildman–Crippen LogP) is 14.6. The summed E-state index contributed by atoms with van der Waals surface area (Å²) in [6.45, 7) is 61.4. The number of likely N-dealkylation sites (N-methyl/N-ethyl adjacent to an activating group) is 4. The van der Waals surface area contributed by atoms with E-state index in [1.807, 2.05) is 0 Å². The van der Waals surface area contributed by atoms with Gasteiger partial charge >= 0.3 is 34.1 Å². The molecule has 4 aromatic rings. The van der Waals surface area contributed by atoms with Crippen LogP contribution in [0.4, 0.5) is 0 Å². The van der Waals surface area contributed by atoms with Crippen molar-refractivity contribution in [1.29, 1.82) is 0 Å². The van der Waals surface area contributed by atoms with E-state index in [0.717, 1.165) is 97.1 Å². The normalized spacial score (nSPS) is 14.3. The van der Waals surface area contributed by atoms with Crippen LogP contribution in [-0.4, -0.2) is 100 Å². The Morgan fingerprint density at radius 2 is 0.449 bits per heavy atom. The zero-order chi connectivity index (χ0) is 65.9. The van der Waals surface area contributed by atoms with Gasteiger partial charge in [0.25, 0.3) is 0 Å². The van der Waals surface area contributed by atoms with Crippen LogP contribution >= 0.6 is 0 Å². The van der Waals surface area contributed by atoms with E-state index in [2.05, 4.69) is 262 Å². The van der Waals surface area contributed by atoms with Gasteiger partial charge in [0.15, 0.2) is 0 Å². The van der Waals surface area contributed by atoms with Gasteiger partial charge in [-0.15, -0.1) is 23.0 Å². The first-order chi connectivity index (χ1) is 39.0. The Kier molecular flexibility index (Phi) is 33.6. The van der Waals surface area contributed by atoms with Crippen LogP contribution in [0.25, 0.3) is 0 Å². The van der Waals surface area contributed by atoms with Crippen molar-refractivity contribution in [3.63, 3.8) is 0 Å². The average molecular weight is 1320 g/mol. The summed E-state index contributed by atoms with van der Waals surface area (Å²) in [6.07, 6.45) is 5.11. The summed E-state index contributed by atoms with van der Waals surface area (Å²) >= 11 is 0. The van der Waals surface area contributed by atoms with Crippen LogP contribution < -0.4 is 20.4 Å². The second-order valence-corrected chi connectivity index (χ2v) is 33.6. The second kappa shape index (κ2) is 34.8. The minimum Gasteiger partial charge on any atom is -2.00 e. The summed E-state index contributed by atoms with van der Waals surface area (Å²) in [6, 6.07) is 16.9. The molecule has 0 aromatic heterocycles. The fourth-order valence-corrected chi connectivity index (χ4v) is 10.4. The molecule has 0 saturated carbocycles. The van der Waals surface area contributed by atoms with Crippen molar-refractivity contribution in [2.24, 2.45) is 0 Å². The number of hydrogen-bond acceptors (Lipinski definition) is 10. The quantitative estimate of drug-likeness (QED) is 0.112. The maximum Gasteiger partial charge on any atom is 5.00 e. The molecule has 0 bridgehead atoms. The minimum absolute atomic E-state index is 0. The predicted molar refractivity (Wildman–Crippen MR) is 359 cm³/mol. The summed E-state index contributed by atoms with van der Waals surface area (Å²) < 4.78 is 9.89. The number of benzene rings is 4. The fraction of sp³-hybridized carbons (Fsp3) is 0.684. The van der Waals surface area contributed by atoms with Crippen molar-refractivity contribution >= 4 is 0 Å². The van der Waals surface area contributed by atoms with E-state index in [1.54, 1.807) is 0 Å². The molecule has 0 unspecified atom stereocenters. The Labute approximate surface area is 566 Å². The first-order valence-electron chi connectivity index (χ1n) is 32.3. The van der Waals surface area contributed by atoms with Crippen LogP contribution in [0.3, 0.4) is 0 Å². The molecule has 4 aromatic carbocycles. The average Bonchev–Trinajstić information content (AvgIpc) is 2.41. The smallest absolute Gasteiger partial charge is 2.00 e. The summed E-state index contributed by atoms with van der Waals surface area (Å²) in [5, 5.41) is 53.6. The topological polar surface area (TPSA) is 152 Å². The van der Waals surface area contributed by atoms with Crippen molar-refractivity contribution in [2.45, 2.75) is 261 Å². The largest absolute Gasteiger partial charge is 5.00 e. The van der Waals surface area contributed by atoms with E-state index in [-0.39, 0.29) is 106 Å². The number of rotatable bonds is 14. The summed E-state index contributed by atoms with van der Waals surface area (Å²) in [7, 11) is 8.30. The Morgan fingerprint density at radius 1 is 0.292 bits per heavy atom. The molecule has 0 N–H and O–H groups in total. The molecule has 2 fully saturated rings. The zero-order valence-corrected chi connectivity index (χ0v) is 63.5. The summed E-state index contributed by atoms with van der Waals surface area (Å²) in [5.74, 6) is 0.650. The van der Waals surface area contributed by atoms with Crippen molar-refractivity contribution in [2.75, 3.05) is 80.8 Å². The van der Waals surface area contributed by atoms with Crippen LogP contribution in [0.2, 0.25) is 0 Å². The maximum atomic E-state index is 13.4. The fourth-order valence-electron chi connectivity index (χ4n) is 10.4. The van der Waals surface area contributed by atoms with Crippen molar-refractivity contribution in [1.82, 2.24) is 19.6 Å². The van der Waals surface area contributed by atoms with Gasteiger partial charge in [-0.3, -0.25) is 0 Å². The van der Waals surface area contributed by atoms with Crippen molar-refractivity contribution in [3.05, 3.63) is 115 Å².